The predicted octanol–water partition coefficient (Wildman–Crippen LogP) is 1.40. The molecule has 0 spiro atoms. The highest BCUT2D eigenvalue weighted by molar-refractivity contribution is 5.81. The van der Waals surface area contributed by atoms with E-state index in [9.17, 15) is 19.5 Å². The molecule has 1 unspecified atom stereocenters. The van der Waals surface area contributed by atoms with Gasteiger partial charge in [-0.15, -0.1) is 0 Å². The fourth-order valence-corrected chi connectivity index (χ4v) is 4.68. The van der Waals surface area contributed by atoms with Crippen molar-refractivity contribution in [3.63, 3.8) is 0 Å². The van der Waals surface area contributed by atoms with Gasteiger partial charge in [-0.1, -0.05) is 13.8 Å². The van der Waals surface area contributed by atoms with E-state index in [2.05, 4.69) is 19.2 Å². The monoisotopic (exact) mass is 395 g/mol. The van der Waals surface area contributed by atoms with Crippen molar-refractivity contribution < 1.29 is 24.2 Å². The molecule has 0 saturated carbocycles. The van der Waals surface area contributed by atoms with E-state index in [4.69, 9.17) is 4.74 Å². The highest BCUT2D eigenvalue weighted by Crippen LogP contribution is 2.42. The number of amides is 3. The van der Waals surface area contributed by atoms with Crippen molar-refractivity contribution in [2.24, 2.45) is 23.2 Å². The van der Waals surface area contributed by atoms with Crippen LogP contribution in [0.4, 0.5) is 4.79 Å². The second-order valence-corrected chi connectivity index (χ2v) is 9.00. The number of hydrogen-bond donors (Lipinski definition) is 2. The molecule has 8 heteroatoms. The molecule has 3 amide bonds. The van der Waals surface area contributed by atoms with Crippen LogP contribution in [0, 0.1) is 23.2 Å². The predicted molar refractivity (Wildman–Crippen MR) is 103 cm³/mol. The van der Waals surface area contributed by atoms with Crippen LogP contribution in [-0.2, 0) is 14.3 Å². The fraction of sp³-hybridized carbons (Fsp3) is 0.850. The Morgan fingerprint density at radius 1 is 1.25 bits per heavy atom. The molecular formula is C20H33N3O5. The van der Waals surface area contributed by atoms with Crippen LogP contribution in [0.15, 0.2) is 0 Å². The van der Waals surface area contributed by atoms with E-state index in [-0.39, 0.29) is 30.3 Å². The highest BCUT2D eigenvalue weighted by Gasteiger charge is 2.54. The van der Waals surface area contributed by atoms with Gasteiger partial charge in [0.25, 0.3) is 0 Å². The van der Waals surface area contributed by atoms with Crippen LogP contribution in [0.25, 0.3) is 0 Å². The Labute approximate surface area is 166 Å². The van der Waals surface area contributed by atoms with E-state index in [0.29, 0.717) is 51.6 Å². The first-order chi connectivity index (χ1) is 13.3. The maximum atomic E-state index is 12.9. The minimum Gasteiger partial charge on any atom is -0.481 e. The lowest BCUT2D eigenvalue weighted by Crippen LogP contribution is -2.47. The summed E-state index contributed by atoms with van der Waals surface area (Å²) in [5.41, 5.74) is -0.858. The number of piperidine rings is 1. The summed E-state index contributed by atoms with van der Waals surface area (Å²) in [7, 11) is 0. The molecule has 0 aromatic heterocycles. The Bertz CT molecular complexity index is 611. The highest BCUT2D eigenvalue weighted by atomic mass is 16.5. The number of carbonyl (C=O) groups excluding carboxylic acids is 2. The van der Waals surface area contributed by atoms with Gasteiger partial charge < -0.3 is 25.0 Å². The van der Waals surface area contributed by atoms with Gasteiger partial charge in [0.05, 0.1) is 12.0 Å². The zero-order chi connectivity index (χ0) is 20.3. The normalized spacial score (nSPS) is 30.2. The minimum absolute atomic E-state index is 0.00413. The Morgan fingerprint density at radius 2 is 2.04 bits per heavy atom. The maximum absolute atomic E-state index is 12.9. The van der Waals surface area contributed by atoms with Gasteiger partial charge in [-0.2, -0.15) is 0 Å². The number of nitrogens with zero attached hydrogens (tertiary/aromatic N) is 2. The van der Waals surface area contributed by atoms with E-state index in [0.717, 1.165) is 19.4 Å². The third-order valence-corrected chi connectivity index (χ3v) is 6.42. The van der Waals surface area contributed by atoms with Crippen molar-refractivity contribution in [2.75, 3.05) is 45.9 Å². The lowest BCUT2D eigenvalue weighted by molar-refractivity contribution is -0.157. The summed E-state index contributed by atoms with van der Waals surface area (Å²) in [6.07, 6.45) is 2.65. The van der Waals surface area contributed by atoms with Crippen molar-refractivity contribution in [3.8, 4) is 0 Å². The second kappa shape index (κ2) is 8.68. The molecule has 3 saturated heterocycles. The number of nitrogens with one attached hydrogen (secondary N) is 1. The molecule has 0 aromatic carbocycles. The second-order valence-electron chi connectivity index (χ2n) is 9.00. The first-order valence-corrected chi connectivity index (χ1v) is 10.4. The van der Waals surface area contributed by atoms with Gasteiger partial charge >= 0.3 is 12.0 Å². The van der Waals surface area contributed by atoms with Crippen LogP contribution in [0.2, 0.25) is 0 Å². The van der Waals surface area contributed by atoms with Crippen molar-refractivity contribution in [1.29, 1.82) is 0 Å². The molecule has 0 aromatic rings. The average Bonchev–Trinajstić information content (AvgIpc) is 3.07. The molecule has 0 aliphatic carbocycles. The van der Waals surface area contributed by atoms with Gasteiger partial charge in [-0.05, 0) is 31.1 Å². The molecule has 158 valence electrons. The van der Waals surface area contributed by atoms with Gasteiger partial charge in [0, 0.05) is 51.7 Å². The molecule has 28 heavy (non-hydrogen) atoms. The molecule has 3 aliphatic rings. The Balaban J connectivity index is 1.54. The third-order valence-electron chi connectivity index (χ3n) is 6.42. The number of aliphatic carboxylic acids is 1. The first kappa shape index (κ1) is 20.9. The lowest BCUT2D eigenvalue weighted by atomic mass is 9.74. The molecule has 0 bridgehead atoms. The zero-order valence-electron chi connectivity index (χ0n) is 17.0. The topological polar surface area (TPSA) is 99.2 Å². The van der Waals surface area contributed by atoms with Crippen molar-refractivity contribution >= 4 is 17.9 Å². The van der Waals surface area contributed by atoms with E-state index < -0.39 is 11.4 Å². The SMILES string of the molecule is CC(C)CNC(=O)N1CCCC(CC(=O)N2C[C@H]3COCC[C@@]3(C(=O)O)C2)C1. The standard InChI is InChI=1S/C20H33N3O5/c1-14(2)9-21-19(27)22-6-3-4-15(10-22)8-17(24)23-11-16-12-28-7-5-20(16,13-23)18(25)26/h14-16H,3-13H2,1-2H3,(H,21,27)(H,25,26)/t15?,16-,20+/m0/s1. The smallest absolute Gasteiger partial charge is 0.317 e. The van der Waals surface area contributed by atoms with Crippen LogP contribution in [0.3, 0.4) is 0 Å². The van der Waals surface area contributed by atoms with Crippen molar-refractivity contribution in [3.05, 3.63) is 0 Å². The van der Waals surface area contributed by atoms with Gasteiger partial charge in [-0.25, -0.2) is 4.79 Å². The number of ether oxygens (including phenoxy) is 1. The first-order valence-electron chi connectivity index (χ1n) is 10.4. The number of fused-ring (bicyclic) bond motifs is 1. The van der Waals surface area contributed by atoms with E-state index in [1.807, 2.05) is 0 Å². The summed E-state index contributed by atoms with van der Waals surface area (Å²) in [5.74, 6) is -0.417. The van der Waals surface area contributed by atoms with Crippen molar-refractivity contribution in [1.82, 2.24) is 15.1 Å². The van der Waals surface area contributed by atoms with Crippen LogP contribution in [0.5, 0.6) is 0 Å². The quantitative estimate of drug-likeness (QED) is 0.733. The molecule has 2 N–H and O–H groups in total. The van der Waals surface area contributed by atoms with Gasteiger partial charge in [0.15, 0.2) is 0 Å². The fourth-order valence-electron chi connectivity index (χ4n) is 4.68. The number of carbonyl (C=O) groups is 3. The van der Waals surface area contributed by atoms with Crippen LogP contribution in [0.1, 0.15) is 39.5 Å². The Hall–Kier alpha value is -1.83. The lowest BCUT2D eigenvalue weighted by Gasteiger charge is -2.34. The van der Waals surface area contributed by atoms with Gasteiger partial charge in [-0.3, -0.25) is 9.59 Å². The Kier molecular flexibility index (Phi) is 6.47. The third kappa shape index (κ3) is 4.42. The van der Waals surface area contributed by atoms with E-state index >= 15 is 0 Å². The molecule has 3 heterocycles. The average molecular weight is 396 g/mol. The molecule has 0 radical (unpaired) electrons. The summed E-state index contributed by atoms with van der Waals surface area (Å²) < 4.78 is 5.46. The number of carboxylic acids is 1. The van der Waals surface area contributed by atoms with E-state index in [1.54, 1.807) is 9.80 Å². The molecule has 3 aliphatic heterocycles. The molecule has 3 fully saturated rings. The van der Waals surface area contributed by atoms with Gasteiger partial charge in [0.1, 0.15) is 0 Å². The summed E-state index contributed by atoms with van der Waals surface area (Å²) in [6, 6.07) is -0.0555. The molecule has 8 nitrogen and oxygen atoms in total. The molecule has 3 rings (SSSR count). The number of rotatable bonds is 5. The zero-order valence-corrected chi connectivity index (χ0v) is 17.0. The number of carboxylic acid groups (broad SMARTS) is 1. The maximum Gasteiger partial charge on any atom is 0.317 e. The number of hydrogen-bond acceptors (Lipinski definition) is 4. The van der Waals surface area contributed by atoms with Crippen LogP contribution < -0.4 is 5.32 Å². The van der Waals surface area contributed by atoms with Crippen LogP contribution in [-0.4, -0.2) is 78.8 Å². The largest absolute Gasteiger partial charge is 0.481 e. The summed E-state index contributed by atoms with van der Waals surface area (Å²) in [4.78, 5) is 40.6. The van der Waals surface area contributed by atoms with Gasteiger partial charge in [0.2, 0.25) is 5.91 Å². The molecule has 3 atom stereocenters. The molecular weight excluding hydrogens is 362 g/mol. The summed E-state index contributed by atoms with van der Waals surface area (Å²) >= 11 is 0. The number of likely N-dealkylation sites (tertiary alicyclic amines) is 2. The minimum atomic E-state index is -0.858. The van der Waals surface area contributed by atoms with Crippen LogP contribution >= 0.6 is 0 Å². The van der Waals surface area contributed by atoms with Crippen molar-refractivity contribution in [2.45, 2.75) is 39.5 Å². The summed E-state index contributed by atoms with van der Waals surface area (Å²) in [5, 5.41) is 12.7. The van der Waals surface area contributed by atoms with E-state index in [1.165, 1.54) is 0 Å². The summed E-state index contributed by atoms with van der Waals surface area (Å²) in [6.45, 7) is 7.64. The number of urea groups is 1. The Morgan fingerprint density at radius 3 is 2.71 bits per heavy atom.